The molecule has 0 bridgehead atoms. The van der Waals surface area contributed by atoms with Gasteiger partial charge in [0, 0.05) is 0 Å². The second-order valence-electron chi connectivity index (χ2n) is 4.71. The van der Waals surface area contributed by atoms with Gasteiger partial charge in [-0.3, -0.25) is 0 Å². The third-order valence-corrected chi connectivity index (χ3v) is 2.78. The molecule has 0 aliphatic rings. The van der Waals surface area contributed by atoms with E-state index in [0.29, 0.717) is 12.8 Å². The Labute approximate surface area is 117 Å². The zero-order chi connectivity index (χ0) is 16.9. The zero-order valence-electron chi connectivity index (χ0n) is 11.6. The van der Waals surface area contributed by atoms with Crippen molar-refractivity contribution in [2.45, 2.75) is 70.1 Å². The third kappa shape index (κ3) is 5.03. The molecule has 0 radical (unpaired) electrons. The van der Waals surface area contributed by atoms with E-state index in [1.807, 2.05) is 6.92 Å². The normalized spacial score (nSPS) is 14.9. The molecule has 0 aromatic rings. The van der Waals surface area contributed by atoms with Gasteiger partial charge >= 0.3 is 24.0 Å². The summed E-state index contributed by atoms with van der Waals surface area (Å²) in [5.41, 5.74) is 0. The van der Waals surface area contributed by atoms with E-state index in [-0.39, 0.29) is 6.42 Å². The van der Waals surface area contributed by atoms with Gasteiger partial charge in [-0.05, 0) is 19.8 Å². The molecule has 0 aliphatic carbocycles. The Morgan fingerprint density at radius 3 is 1.95 bits per heavy atom. The fraction of sp³-hybridized carbons (Fsp3) is 0.917. The minimum Gasteiger partial charge on any atom is -0.458 e. The summed E-state index contributed by atoms with van der Waals surface area (Å²) < 4.78 is 90.7. The molecule has 0 rings (SSSR count). The summed E-state index contributed by atoms with van der Waals surface area (Å²) in [6.45, 7) is 3.08. The van der Waals surface area contributed by atoms with Gasteiger partial charge < -0.3 is 4.74 Å². The van der Waals surface area contributed by atoms with Gasteiger partial charge in [-0.15, -0.1) is 0 Å². The average Bonchev–Trinajstić information content (AvgIpc) is 2.32. The van der Waals surface area contributed by atoms with Crippen molar-refractivity contribution in [3.8, 4) is 0 Å². The fourth-order valence-electron chi connectivity index (χ4n) is 1.48. The average molecular weight is 326 g/mol. The van der Waals surface area contributed by atoms with Crippen LogP contribution in [-0.4, -0.2) is 30.1 Å². The van der Waals surface area contributed by atoms with Gasteiger partial charge in [0.1, 0.15) is 0 Å². The molecule has 0 saturated heterocycles. The highest BCUT2D eigenvalue weighted by Crippen LogP contribution is 2.47. The minimum absolute atomic E-state index is 0.111. The van der Waals surface area contributed by atoms with E-state index in [9.17, 15) is 35.5 Å². The van der Waals surface area contributed by atoms with Crippen molar-refractivity contribution in [1.29, 1.82) is 0 Å². The Kier molecular flexibility index (Phi) is 6.95. The topological polar surface area (TPSA) is 26.3 Å². The molecule has 0 fully saturated rings. The van der Waals surface area contributed by atoms with Crippen molar-refractivity contribution < 1.29 is 40.3 Å². The molecule has 21 heavy (non-hydrogen) atoms. The maximum Gasteiger partial charge on any atom is 0.460 e. The number of carbonyl (C=O) groups excluding carboxylic acids is 1. The predicted molar refractivity (Wildman–Crippen MR) is 60.3 cm³/mol. The van der Waals surface area contributed by atoms with Gasteiger partial charge in [-0.1, -0.05) is 26.2 Å². The Bertz CT molecular complexity index is 339. The van der Waals surface area contributed by atoms with E-state index in [1.54, 1.807) is 0 Å². The molecule has 0 saturated carbocycles. The zero-order valence-corrected chi connectivity index (χ0v) is 11.6. The minimum atomic E-state index is -6.54. The van der Waals surface area contributed by atoms with E-state index < -0.39 is 30.1 Å². The highest BCUT2D eigenvalue weighted by Gasteiger charge is 2.77. The Balaban J connectivity index is 4.63. The quantitative estimate of drug-likeness (QED) is 0.366. The van der Waals surface area contributed by atoms with Crippen LogP contribution in [0.4, 0.5) is 30.7 Å². The van der Waals surface area contributed by atoms with E-state index in [1.165, 1.54) is 0 Å². The number of halogens is 7. The SMILES string of the molecule is CCCCCCC(C)OC(=O)C(F)(F)C(F)(F)C(F)(F)F. The lowest BCUT2D eigenvalue weighted by Gasteiger charge is -2.27. The lowest BCUT2D eigenvalue weighted by atomic mass is 10.1. The molecule has 0 aromatic heterocycles. The van der Waals surface area contributed by atoms with Gasteiger partial charge in [-0.2, -0.15) is 30.7 Å². The van der Waals surface area contributed by atoms with Crippen molar-refractivity contribution in [3.05, 3.63) is 0 Å². The summed E-state index contributed by atoms with van der Waals surface area (Å²) in [7, 11) is 0. The second kappa shape index (κ2) is 7.31. The summed E-state index contributed by atoms with van der Waals surface area (Å²) in [6, 6.07) is 0. The van der Waals surface area contributed by atoms with Crippen LogP contribution < -0.4 is 0 Å². The molecular formula is C12H17F7O2. The first-order valence-electron chi connectivity index (χ1n) is 6.41. The van der Waals surface area contributed by atoms with Crippen LogP contribution >= 0.6 is 0 Å². The van der Waals surface area contributed by atoms with Crippen LogP contribution in [0.2, 0.25) is 0 Å². The smallest absolute Gasteiger partial charge is 0.458 e. The van der Waals surface area contributed by atoms with Gasteiger partial charge in [0.2, 0.25) is 0 Å². The van der Waals surface area contributed by atoms with Crippen LogP contribution in [0.25, 0.3) is 0 Å². The highest BCUT2D eigenvalue weighted by atomic mass is 19.4. The first-order valence-corrected chi connectivity index (χ1v) is 6.41. The molecule has 1 unspecified atom stereocenters. The number of hydrogen-bond acceptors (Lipinski definition) is 2. The Morgan fingerprint density at radius 1 is 1.00 bits per heavy atom. The lowest BCUT2D eigenvalue weighted by Crippen LogP contribution is -2.57. The van der Waals surface area contributed by atoms with Crippen LogP contribution in [0.3, 0.4) is 0 Å². The molecule has 126 valence electrons. The van der Waals surface area contributed by atoms with Crippen LogP contribution in [0, 0.1) is 0 Å². The molecule has 2 nitrogen and oxygen atoms in total. The van der Waals surface area contributed by atoms with Gasteiger partial charge in [0.15, 0.2) is 0 Å². The third-order valence-electron chi connectivity index (χ3n) is 2.78. The molecule has 0 N–H and O–H groups in total. The molecule has 0 heterocycles. The van der Waals surface area contributed by atoms with Crippen molar-refractivity contribution in [2.75, 3.05) is 0 Å². The summed E-state index contributed by atoms with van der Waals surface area (Å²) in [6.07, 6.45) is -4.65. The Hall–Kier alpha value is -1.02. The standard InChI is InChI=1S/C12H17F7O2/c1-3-4-5-6-7-8(2)21-9(20)10(13,14)11(15,16)12(17,18)19/h8H,3-7H2,1-2H3. The summed E-state index contributed by atoms with van der Waals surface area (Å²) in [5, 5.41) is 0. The van der Waals surface area contributed by atoms with Gasteiger partial charge in [-0.25, -0.2) is 4.79 Å². The lowest BCUT2D eigenvalue weighted by molar-refractivity contribution is -0.349. The highest BCUT2D eigenvalue weighted by molar-refractivity contribution is 5.79. The van der Waals surface area contributed by atoms with Crippen molar-refractivity contribution in [1.82, 2.24) is 0 Å². The molecule has 9 heteroatoms. The van der Waals surface area contributed by atoms with E-state index in [2.05, 4.69) is 4.74 Å². The monoisotopic (exact) mass is 326 g/mol. The summed E-state index contributed by atoms with van der Waals surface area (Å²) in [4.78, 5) is 10.9. The van der Waals surface area contributed by atoms with Crippen LogP contribution in [0.1, 0.15) is 46.0 Å². The van der Waals surface area contributed by atoms with Crippen molar-refractivity contribution in [2.24, 2.45) is 0 Å². The first kappa shape index (κ1) is 20.0. The largest absolute Gasteiger partial charge is 0.460 e. The number of ether oxygens (including phenoxy) is 1. The summed E-state index contributed by atoms with van der Waals surface area (Å²) >= 11 is 0. The number of alkyl halides is 7. The van der Waals surface area contributed by atoms with E-state index >= 15 is 0 Å². The molecular weight excluding hydrogens is 309 g/mol. The number of unbranched alkanes of at least 4 members (excludes halogenated alkanes) is 3. The number of esters is 1. The van der Waals surface area contributed by atoms with Crippen LogP contribution in [0.15, 0.2) is 0 Å². The maximum absolute atomic E-state index is 12.9. The number of rotatable bonds is 8. The van der Waals surface area contributed by atoms with Crippen LogP contribution in [-0.2, 0) is 9.53 Å². The molecule has 1 atom stereocenters. The molecule has 0 spiro atoms. The Morgan fingerprint density at radius 2 is 1.52 bits per heavy atom. The summed E-state index contributed by atoms with van der Waals surface area (Å²) in [5.74, 6) is -15.3. The van der Waals surface area contributed by atoms with Crippen molar-refractivity contribution in [3.63, 3.8) is 0 Å². The fourth-order valence-corrected chi connectivity index (χ4v) is 1.48. The second-order valence-corrected chi connectivity index (χ2v) is 4.71. The van der Waals surface area contributed by atoms with Gasteiger partial charge in [0.25, 0.3) is 0 Å². The molecule has 0 aromatic carbocycles. The first-order chi connectivity index (χ1) is 9.38. The van der Waals surface area contributed by atoms with E-state index in [0.717, 1.165) is 19.8 Å². The van der Waals surface area contributed by atoms with Crippen molar-refractivity contribution >= 4 is 5.97 Å². The van der Waals surface area contributed by atoms with Crippen LogP contribution in [0.5, 0.6) is 0 Å². The molecule has 0 aliphatic heterocycles. The molecule has 0 amide bonds. The maximum atomic E-state index is 12.9. The number of hydrogen-bond donors (Lipinski definition) is 0. The number of carbonyl (C=O) groups is 1. The van der Waals surface area contributed by atoms with Gasteiger partial charge in [0.05, 0.1) is 6.10 Å². The van der Waals surface area contributed by atoms with E-state index in [4.69, 9.17) is 0 Å². The predicted octanol–water partition coefficient (Wildman–Crippen LogP) is 4.72.